The largest absolute Gasteiger partial charge is 0.396 e. The lowest BCUT2D eigenvalue weighted by Crippen LogP contribution is -2.31. The topological polar surface area (TPSA) is 158 Å². The molecule has 1 amide bonds. The number of nitrogens with zero attached hydrogens (tertiary/aromatic N) is 1. The van der Waals surface area contributed by atoms with E-state index in [4.69, 9.17) is 10.9 Å². The number of nitrogens with one attached hydrogen (secondary N) is 1. The van der Waals surface area contributed by atoms with Crippen LogP contribution in [0.5, 0.6) is 0 Å². The monoisotopic (exact) mass is 306 g/mol. The number of nitro benzene ring substituents is 1. The molecule has 110 valence electrons. The number of carbonyl (C=O) groups excluding carboxylic acids is 1. The van der Waals surface area contributed by atoms with Gasteiger partial charge in [0.2, 0.25) is 10.0 Å². The Labute approximate surface area is 112 Å². The zero-order chi connectivity index (χ0) is 15.5. The summed E-state index contributed by atoms with van der Waals surface area (Å²) in [6.45, 7) is -0.341. The molecule has 11 heteroatoms. The Balaban J connectivity index is 2.98. The summed E-state index contributed by atoms with van der Waals surface area (Å²) in [4.78, 5) is 21.5. The van der Waals surface area contributed by atoms with Crippen LogP contribution in [0.15, 0.2) is 12.1 Å². The fourth-order valence-electron chi connectivity index (χ4n) is 1.31. The first kappa shape index (κ1) is 15.8. The highest BCUT2D eigenvalue weighted by Gasteiger charge is 2.23. The number of nitrogens with two attached hydrogens (primary N) is 2. The lowest BCUT2D eigenvalue weighted by Gasteiger charge is -2.06. The Morgan fingerprint density at radius 2 is 2.05 bits per heavy atom. The number of primary sulfonamides is 1. The van der Waals surface area contributed by atoms with Crippen LogP contribution in [0.1, 0.15) is 10.4 Å². The summed E-state index contributed by atoms with van der Waals surface area (Å²) >= 11 is 0. The van der Waals surface area contributed by atoms with Crippen molar-refractivity contribution in [3.63, 3.8) is 0 Å². The number of rotatable bonds is 5. The molecule has 9 nitrogen and oxygen atoms in total. The molecule has 0 atom stereocenters. The summed E-state index contributed by atoms with van der Waals surface area (Å²) in [6, 6.07) is 1.32. The van der Waals surface area contributed by atoms with Gasteiger partial charge in [0.15, 0.2) is 5.82 Å². The van der Waals surface area contributed by atoms with E-state index in [9.17, 15) is 27.7 Å². The average molecular weight is 306 g/mol. The van der Waals surface area contributed by atoms with E-state index in [0.717, 1.165) is 6.07 Å². The Morgan fingerprint density at radius 3 is 2.55 bits per heavy atom. The normalized spacial score (nSPS) is 11.1. The minimum Gasteiger partial charge on any atom is -0.396 e. The van der Waals surface area contributed by atoms with Crippen LogP contribution in [0, 0.1) is 15.9 Å². The van der Waals surface area contributed by atoms with Gasteiger partial charge in [0.1, 0.15) is 5.56 Å². The van der Waals surface area contributed by atoms with Gasteiger partial charge in [0, 0.05) is 6.54 Å². The Morgan fingerprint density at radius 1 is 1.45 bits per heavy atom. The lowest BCUT2D eigenvalue weighted by atomic mass is 10.1. The smallest absolute Gasteiger partial charge is 0.285 e. The second kappa shape index (κ2) is 5.79. The molecular formula is C9H11FN4O5S. The summed E-state index contributed by atoms with van der Waals surface area (Å²) in [5, 5.41) is 17.6. The molecule has 1 rings (SSSR count). The molecular weight excluding hydrogens is 295 g/mol. The van der Waals surface area contributed by atoms with Crippen LogP contribution in [-0.2, 0) is 10.0 Å². The van der Waals surface area contributed by atoms with Gasteiger partial charge in [0.25, 0.3) is 11.6 Å². The number of benzene rings is 1. The van der Waals surface area contributed by atoms with Gasteiger partial charge >= 0.3 is 0 Å². The van der Waals surface area contributed by atoms with Crippen molar-refractivity contribution in [1.29, 1.82) is 0 Å². The zero-order valence-corrected chi connectivity index (χ0v) is 10.8. The van der Waals surface area contributed by atoms with Gasteiger partial charge in [-0.05, 0) is 6.07 Å². The summed E-state index contributed by atoms with van der Waals surface area (Å²) < 4.78 is 34.5. The lowest BCUT2D eigenvalue weighted by molar-refractivity contribution is -0.385. The maximum Gasteiger partial charge on any atom is 0.285 e. The average Bonchev–Trinajstić information content (AvgIpc) is 2.29. The summed E-state index contributed by atoms with van der Waals surface area (Å²) in [5.74, 6) is -2.52. The molecule has 0 bridgehead atoms. The van der Waals surface area contributed by atoms with Crippen molar-refractivity contribution >= 4 is 27.3 Å². The first-order valence-electron chi connectivity index (χ1n) is 5.14. The maximum atomic E-state index is 13.1. The van der Waals surface area contributed by atoms with Crippen molar-refractivity contribution in [3.05, 3.63) is 33.6 Å². The first-order chi connectivity index (χ1) is 9.11. The van der Waals surface area contributed by atoms with Crippen LogP contribution in [0.4, 0.5) is 15.8 Å². The second-order valence-corrected chi connectivity index (χ2v) is 5.50. The predicted molar refractivity (Wildman–Crippen MR) is 67.8 cm³/mol. The molecule has 20 heavy (non-hydrogen) atoms. The molecule has 0 saturated heterocycles. The third kappa shape index (κ3) is 4.13. The minimum absolute atomic E-state index is 0.341. The molecule has 0 aliphatic heterocycles. The molecule has 0 unspecified atom stereocenters. The van der Waals surface area contributed by atoms with Crippen molar-refractivity contribution < 1.29 is 22.5 Å². The molecule has 0 aliphatic rings. The van der Waals surface area contributed by atoms with Gasteiger partial charge in [-0.3, -0.25) is 14.9 Å². The minimum atomic E-state index is -3.78. The van der Waals surface area contributed by atoms with Crippen LogP contribution in [0.3, 0.4) is 0 Å². The first-order valence-corrected chi connectivity index (χ1v) is 6.85. The van der Waals surface area contributed by atoms with Crippen molar-refractivity contribution in [2.75, 3.05) is 18.0 Å². The highest BCUT2D eigenvalue weighted by atomic mass is 32.2. The molecule has 0 aromatic heterocycles. The van der Waals surface area contributed by atoms with Crippen LogP contribution < -0.4 is 16.2 Å². The SMILES string of the molecule is Nc1cc(C(=O)NCCS(N)(=O)=O)c([N+](=O)[O-])cc1F. The molecule has 1 aromatic carbocycles. The van der Waals surface area contributed by atoms with E-state index < -0.39 is 49.4 Å². The number of carbonyl (C=O) groups is 1. The van der Waals surface area contributed by atoms with Crippen LogP contribution in [-0.4, -0.2) is 31.5 Å². The van der Waals surface area contributed by atoms with Gasteiger partial charge in [-0.15, -0.1) is 0 Å². The van der Waals surface area contributed by atoms with Gasteiger partial charge in [0.05, 0.1) is 22.4 Å². The number of hydrogen-bond donors (Lipinski definition) is 3. The fraction of sp³-hybridized carbons (Fsp3) is 0.222. The molecule has 0 saturated carbocycles. The van der Waals surface area contributed by atoms with Gasteiger partial charge < -0.3 is 11.1 Å². The third-order valence-electron chi connectivity index (χ3n) is 2.23. The molecule has 1 aromatic rings. The van der Waals surface area contributed by atoms with E-state index in [1.165, 1.54) is 0 Å². The number of nitro groups is 1. The molecule has 0 radical (unpaired) electrons. The Hall–Kier alpha value is -2.27. The molecule has 0 fully saturated rings. The van der Waals surface area contributed by atoms with Crippen molar-refractivity contribution in [2.24, 2.45) is 5.14 Å². The van der Waals surface area contributed by atoms with Crippen molar-refractivity contribution in [3.8, 4) is 0 Å². The number of halogens is 1. The molecule has 5 N–H and O–H groups in total. The van der Waals surface area contributed by atoms with E-state index in [0.29, 0.717) is 6.07 Å². The summed E-state index contributed by atoms with van der Waals surface area (Å²) in [7, 11) is -3.78. The van der Waals surface area contributed by atoms with Crippen LogP contribution >= 0.6 is 0 Å². The number of anilines is 1. The summed E-state index contributed by atoms with van der Waals surface area (Å²) in [5.41, 5.74) is 3.55. The van der Waals surface area contributed by atoms with Gasteiger partial charge in [-0.1, -0.05) is 0 Å². The molecule has 0 aliphatic carbocycles. The predicted octanol–water partition coefficient (Wildman–Crippen LogP) is -0.666. The van der Waals surface area contributed by atoms with Gasteiger partial charge in [-0.2, -0.15) is 0 Å². The number of hydrogen-bond acceptors (Lipinski definition) is 6. The maximum absolute atomic E-state index is 13.1. The van der Waals surface area contributed by atoms with Crippen molar-refractivity contribution in [2.45, 2.75) is 0 Å². The van der Waals surface area contributed by atoms with Crippen LogP contribution in [0.25, 0.3) is 0 Å². The Kier molecular flexibility index (Phi) is 4.57. The van der Waals surface area contributed by atoms with Crippen LogP contribution in [0.2, 0.25) is 0 Å². The quantitative estimate of drug-likeness (QED) is 0.372. The third-order valence-corrected chi connectivity index (χ3v) is 3.00. The number of amides is 1. The fourth-order valence-corrected chi connectivity index (χ4v) is 1.70. The molecule has 0 heterocycles. The van der Waals surface area contributed by atoms with Gasteiger partial charge in [-0.25, -0.2) is 17.9 Å². The number of nitrogen functional groups attached to an aromatic ring is 1. The second-order valence-electron chi connectivity index (χ2n) is 3.77. The van der Waals surface area contributed by atoms with E-state index in [1.54, 1.807) is 0 Å². The highest BCUT2D eigenvalue weighted by Crippen LogP contribution is 2.24. The highest BCUT2D eigenvalue weighted by molar-refractivity contribution is 7.89. The van der Waals surface area contributed by atoms with E-state index in [2.05, 4.69) is 5.32 Å². The van der Waals surface area contributed by atoms with Crippen molar-refractivity contribution in [1.82, 2.24) is 5.32 Å². The van der Waals surface area contributed by atoms with E-state index in [1.807, 2.05) is 0 Å². The van der Waals surface area contributed by atoms with E-state index in [-0.39, 0.29) is 6.54 Å². The summed E-state index contributed by atoms with van der Waals surface area (Å²) in [6.07, 6.45) is 0. The van der Waals surface area contributed by atoms with E-state index >= 15 is 0 Å². The number of sulfonamides is 1. The molecule has 0 spiro atoms. The Bertz CT molecular complexity index is 661. The zero-order valence-electron chi connectivity index (χ0n) is 10.00. The standard InChI is InChI=1S/C9H11FN4O5S/c10-6-4-8(14(16)17)5(3-7(6)11)9(15)13-1-2-20(12,18)19/h3-4H,1-2,11H2,(H,13,15)(H2,12,18,19).